The highest BCUT2D eigenvalue weighted by molar-refractivity contribution is 5.59. The highest BCUT2D eigenvalue weighted by Crippen LogP contribution is 2.17. The van der Waals surface area contributed by atoms with Crippen LogP contribution in [-0.4, -0.2) is 9.97 Å². The summed E-state index contributed by atoms with van der Waals surface area (Å²) in [6, 6.07) is 12.6. The Morgan fingerprint density at radius 2 is 1.35 bits per heavy atom. The van der Waals surface area contributed by atoms with Gasteiger partial charge < -0.3 is 10.6 Å². The largest absolute Gasteiger partial charge is 0.340 e. The Hall–Kier alpha value is -3.22. The van der Waals surface area contributed by atoms with Crippen LogP contribution in [0, 0.1) is 11.6 Å². The van der Waals surface area contributed by atoms with Gasteiger partial charge in [0.05, 0.1) is 0 Å². The van der Waals surface area contributed by atoms with Crippen molar-refractivity contribution < 1.29 is 8.78 Å². The normalized spacial score (nSPS) is 10.3. The maximum absolute atomic E-state index is 12.9. The van der Waals surface area contributed by atoms with Crippen LogP contribution in [0.4, 0.5) is 31.9 Å². The van der Waals surface area contributed by atoms with Crippen LogP contribution >= 0.6 is 0 Å². The van der Waals surface area contributed by atoms with Crippen LogP contribution in [0.25, 0.3) is 0 Å². The van der Waals surface area contributed by atoms with Gasteiger partial charge in [0.25, 0.3) is 5.56 Å². The molecule has 116 valence electrons. The molecule has 3 N–H and O–H groups in total. The van der Waals surface area contributed by atoms with Gasteiger partial charge in [0, 0.05) is 17.4 Å². The van der Waals surface area contributed by atoms with Gasteiger partial charge in [0.2, 0.25) is 5.95 Å². The van der Waals surface area contributed by atoms with E-state index >= 15 is 0 Å². The number of hydrogen-bond donors (Lipinski definition) is 3. The maximum Gasteiger partial charge on any atom is 0.254 e. The predicted molar refractivity (Wildman–Crippen MR) is 84.2 cm³/mol. The van der Waals surface area contributed by atoms with Crippen LogP contribution in [0.1, 0.15) is 0 Å². The average molecular weight is 314 g/mol. The summed E-state index contributed by atoms with van der Waals surface area (Å²) in [5.41, 5.74) is 0.805. The van der Waals surface area contributed by atoms with Gasteiger partial charge in [-0.3, -0.25) is 9.78 Å². The number of benzene rings is 2. The van der Waals surface area contributed by atoms with Crippen LogP contribution < -0.4 is 16.2 Å². The molecule has 1 aromatic heterocycles. The fourth-order valence-electron chi connectivity index (χ4n) is 1.93. The van der Waals surface area contributed by atoms with Gasteiger partial charge >= 0.3 is 0 Å². The molecule has 2 aromatic carbocycles. The second-order valence-electron chi connectivity index (χ2n) is 4.74. The summed E-state index contributed by atoms with van der Waals surface area (Å²) in [4.78, 5) is 18.4. The molecule has 0 saturated heterocycles. The minimum atomic E-state index is -0.366. The third kappa shape index (κ3) is 3.91. The lowest BCUT2D eigenvalue weighted by molar-refractivity contribution is 0.627. The molecule has 0 amide bonds. The van der Waals surface area contributed by atoms with Gasteiger partial charge in [-0.2, -0.15) is 4.98 Å². The summed E-state index contributed by atoms with van der Waals surface area (Å²) in [7, 11) is 0. The molecule has 0 bridgehead atoms. The van der Waals surface area contributed by atoms with Crippen molar-refractivity contribution in [3.8, 4) is 0 Å². The second-order valence-corrected chi connectivity index (χ2v) is 4.74. The van der Waals surface area contributed by atoms with E-state index in [0.29, 0.717) is 17.2 Å². The molecule has 0 saturated carbocycles. The first-order valence-electron chi connectivity index (χ1n) is 6.75. The Bertz CT molecular complexity index is 792. The van der Waals surface area contributed by atoms with E-state index < -0.39 is 0 Å². The van der Waals surface area contributed by atoms with E-state index in [1.165, 1.54) is 54.6 Å². The molecular weight excluding hydrogens is 302 g/mol. The first-order valence-corrected chi connectivity index (χ1v) is 6.75. The van der Waals surface area contributed by atoms with Gasteiger partial charge in [-0.25, -0.2) is 8.78 Å². The summed E-state index contributed by atoms with van der Waals surface area (Å²) in [5, 5.41) is 5.78. The topological polar surface area (TPSA) is 69.8 Å². The number of nitrogens with one attached hydrogen (secondary N) is 3. The number of aromatic nitrogens is 2. The van der Waals surface area contributed by atoms with E-state index in [2.05, 4.69) is 20.6 Å². The molecule has 0 atom stereocenters. The Balaban J connectivity index is 1.82. The lowest BCUT2D eigenvalue weighted by atomic mass is 10.3. The van der Waals surface area contributed by atoms with Gasteiger partial charge in [0.15, 0.2) is 0 Å². The number of rotatable bonds is 4. The van der Waals surface area contributed by atoms with E-state index in [9.17, 15) is 13.6 Å². The zero-order valence-corrected chi connectivity index (χ0v) is 11.8. The van der Waals surface area contributed by atoms with E-state index in [4.69, 9.17) is 0 Å². The fraction of sp³-hybridized carbons (Fsp3) is 0. The zero-order valence-electron chi connectivity index (χ0n) is 11.8. The molecule has 0 aliphatic rings. The Morgan fingerprint density at radius 3 is 1.91 bits per heavy atom. The highest BCUT2D eigenvalue weighted by Gasteiger charge is 2.03. The van der Waals surface area contributed by atoms with Gasteiger partial charge in [-0.05, 0) is 48.5 Å². The van der Waals surface area contributed by atoms with Crippen molar-refractivity contribution in [2.24, 2.45) is 0 Å². The number of anilines is 4. The predicted octanol–water partition coefficient (Wildman–Crippen LogP) is 3.54. The van der Waals surface area contributed by atoms with Crippen LogP contribution in [0.3, 0.4) is 0 Å². The first kappa shape index (κ1) is 14.7. The monoisotopic (exact) mass is 314 g/mol. The number of H-pyrrole nitrogens is 1. The summed E-state index contributed by atoms with van der Waals surface area (Å²) in [6.45, 7) is 0. The molecule has 0 aliphatic heterocycles. The Labute approximate surface area is 130 Å². The minimum Gasteiger partial charge on any atom is -0.340 e. The molecule has 0 fully saturated rings. The zero-order chi connectivity index (χ0) is 16.2. The van der Waals surface area contributed by atoms with Gasteiger partial charge in [-0.15, -0.1) is 0 Å². The van der Waals surface area contributed by atoms with Crippen molar-refractivity contribution in [2.75, 3.05) is 10.6 Å². The Morgan fingerprint density at radius 1 is 0.826 bits per heavy atom. The molecule has 0 unspecified atom stereocenters. The number of halogens is 2. The molecule has 0 radical (unpaired) electrons. The van der Waals surface area contributed by atoms with Gasteiger partial charge in [-0.1, -0.05) is 0 Å². The molecule has 23 heavy (non-hydrogen) atoms. The lowest BCUT2D eigenvalue weighted by Gasteiger charge is -2.09. The van der Waals surface area contributed by atoms with E-state index in [1.807, 2.05) is 0 Å². The van der Waals surface area contributed by atoms with Crippen LogP contribution in [-0.2, 0) is 0 Å². The van der Waals surface area contributed by atoms with Crippen LogP contribution in [0.15, 0.2) is 59.4 Å². The third-order valence-electron chi connectivity index (χ3n) is 2.97. The number of hydrogen-bond acceptors (Lipinski definition) is 4. The summed E-state index contributed by atoms with van der Waals surface area (Å²) < 4.78 is 25.8. The van der Waals surface area contributed by atoms with Crippen LogP contribution in [0.5, 0.6) is 0 Å². The molecular formula is C16H12F2N4O. The maximum atomic E-state index is 12.9. The number of nitrogens with zero attached hydrogens (tertiary/aromatic N) is 1. The lowest BCUT2D eigenvalue weighted by Crippen LogP contribution is -2.11. The SMILES string of the molecule is O=c1cc(Nc2ccc(F)cc2)nc(Nc2ccc(F)cc2)[nH]1. The first-order chi connectivity index (χ1) is 11.1. The summed E-state index contributed by atoms with van der Waals surface area (Å²) in [6.07, 6.45) is 0. The van der Waals surface area contributed by atoms with E-state index in [-0.39, 0.29) is 23.1 Å². The standard InChI is InChI=1S/C16H12F2N4O/c17-10-1-5-12(6-2-10)19-14-9-15(23)22-16(21-14)20-13-7-3-11(18)4-8-13/h1-9H,(H3,19,20,21,22,23). The number of aromatic amines is 1. The summed E-state index contributed by atoms with van der Waals surface area (Å²) >= 11 is 0. The van der Waals surface area contributed by atoms with Crippen LogP contribution in [0.2, 0.25) is 0 Å². The smallest absolute Gasteiger partial charge is 0.254 e. The van der Waals surface area contributed by atoms with Gasteiger partial charge in [0.1, 0.15) is 17.5 Å². The third-order valence-corrected chi connectivity index (χ3v) is 2.97. The quantitative estimate of drug-likeness (QED) is 0.689. The van der Waals surface area contributed by atoms with Crippen molar-refractivity contribution in [1.82, 2.24) is 9.97 Å². The van der Waals surface area contributed by atoms with Crippen molar-refractivity contribution in [3.63, 3.8) is 0 Å². The molecule has 5 nitrogen and oxygen atoms in total. The van der Waals surface area contributed by atoms with Crippen molar-refractivity contribution in [3.05, 3.63) is 76.6 Å². The van der Waals surface area contributed by atoms with E-state index in [0.717, 1.165) is 0 Å². The highest BCUT2D eigenvalue weighted by atomic mass is 19.1. The molecule has 0 aliphatic carbocycles. The summed E-state index contributed by atoms with van der Waals surface area (Å²) in [5.74, 6) is -0.212. The minimum absolute atomic E-state index is 0.203. The molecule has 0 spiro atoms. The fourth-order valence-corrected chi connectivity index (χ4v) is 1.93. The van der Waals surface area contributed by atoms with Crippen molar-refractivity contribution in [2.45, 2.75) is 0 Å². The Kier molecular flexibility index (Phi) is 4.01. The molecule has 1 heterocycles. The average Bonchev–Trinajstić information content (AvgIpc) is 2.51. The molecule has 3 rings (SSSR count). The van der Waals surface area contributed by atoms with Crippen molar-refractivity contribution >= 4 is 23.1 Å². The molecule has 7 heteroatoms. The van der Waals surface area contributed by atoms with E-state index in [1.54, 1.807) is 0 Å². The second kappa shape index (κ2) is 6.27. The van der Waals surface area contributed by atoms with Crippen molar-refractivity contribution in [1.29, 1.82) is 0 Å². The molecule has 3 aromatic rings.